The minimum Gasteiger partial charge on any atom is -0.489 e. The fraction of sp³-hybridized carbons (Fsp3) is 0.333. The molecule has 2 nitrogen and oxygen atoms in total. The maximum atomic E-state index is 6.18. The van der Waals surface area contributed by atoms with E-state index in [1.165, 1.54) is 0 Å². The van der Waals surface area contributed by atoms with E-state index in [0.29, 0.717) is 6.61 Å². The second-order valence-electron chi connectivity index (χ2n) is 6.24. The molecule has 0 amide bonds. The van der Waals surface area contributed by atoms with Crippen LogP contribution in [0.15, 0.2) is 46.9 Å². The van der Waals surface area contributed by atoms with Gasteiger partial charge >= 0.3 is 0 Å². The van der Waals surface area contributed by atoms with E-state index in [1.54, 1.807) is 0 Å². The summed E-state index contributed by atoms with van der Waals surface area (Å²) in [5, 5.41) is 4.22. The van der Waals surface area contributed by atoms with Crippen LogP contribution in [0.2, 0.25) is 5.02 Å². The summed E-state index contributed by atoms with van der Waals surface area (Å²) in [6, 6.07) is 13.8. The number of rotatable bonds is 5. The smallest absolute Gasteiger partial charge is 0.124 e. The van der Waals surface area contributed by atoms with Crippen LogP contribution in [0.5, 0.6) is 5.75 Å². The molecule has 1 N–H and O–H groups in total. The molecule has 126 valence electrons. The van der Waals surface area contributed by atoms with Crippen molar-refractivity contribution in [3.63, 3.8) is 0 Å². The van der Waals surface area contributed by atoms with Crippen molar-refractivity contribution < 1.29 is 4.74 Å². The van der Waals surface area contributed by atoms with E-state index in [1.807, 2.05) is 36.4 Å². The number of benzene rings is 2. The summed E-state index contributed by atoms with van der Waals surface area (Å²) < 4.78 is 7.02. The third-order valence-corrected chi connectivity index (χ3v) is 4.03. The van der Waals surface area contributed by atoms with Crippen molar-refractivity contribution in [2.24, 2.45) is 0 Å². The van der Waals surface area contributed by atoms with Gasteiger partial charge in [-0.1, -0.05) is 45.7 Å². The van der Waals surface area contributed by atoms with Crippen LogP contribution < -0.4 is 10.1 Å². The lowest BCUT2D eigenvalue weighted by Gasteiger charge is -2.22. The van der Waals surface area contributed by atoms with Crippen molar-refractivity contribution in [2.75, 3.05) is 0 Å². The fourth-order valence-electron chi connectivity index (χ4n) is 1.96. The lowest BCUT2D eigenvalue weighted by molar-refractivity contribution is 0.300. The summed E-state index contributed by atoms with van der Waals surface area (Å²) in [4.78, 5) is 0. The van der Waals surface area contributed by atoms with Crippen LogP contribution in [-0.4, -0.2) is 5.54 Å². The molecule has 0 unspecified atom stereocenters. The third-order valence-electron chi connectivity index (χ3n) is 3.17. The Morgan fingerprint density at radius 3 is 2.43 bits per heavy atom. The number of hydrogen-bond acceptors (Lipinski definition) is 2. The van der Waals surface area contributed by atoms with Crippen LogP contribution in [0.3, 0.4) is 0 Å². The summed E-state index contributed by atoms with van der Waals surface area (Å²) in [5.41, 5.74) is 2.17. The summed E-state index contributed by atoms with van der Waals surface area (Å²) in [7, 11) is 0. The van der Waals surface area contributed by atoms with Crippen molar-refractivity contribution in [3.8, 4) is 5.75 Å². The van der Waals surface area contributed by atoms with Gasteiger partial charge in [-0.2, -0.15) is 0 Å². The van der Waals surface area contributed by atoms with Crippen LogP contribution >= 0.6 is 39.9 Å². The SMILES string of the molecule is CC(C)(C)NCc1cc(Br)ccc1OCc1ccccc1Cl.Cl. The molecule has 0 aromatic heterocycles. The largest absolute Gasteiger partial charge is 0.489 e. The van der Waals surface area contributed by atoms with Crippen LogP contribution in [-0.2, 0) is 13.2 Å². The first-order valence-electron chi connectivity index (χ1n) is 7.25. The van der Waals surface area contributed by atoms with E-state index in [-0.39, 0.29) is 17.9 Å². The van der Waals surface area contributed by atoms with Crippen LogP contribution in [0, 0.1) is 0 Å². The van der Waals surface area contributed by atoms with Crippen LogP contribution in [0.25, 0.3) is 0 Å². The van der Waals surface area contributed by atoms with E-state index in [2.05, 4.69) is 48.1 Å². The Bertz CT molecular complexity index is 641. The molecule has 0 heterocycles. The number of ether oxygens (including phenoxy) is 1. The van der Waals surface area contributed by atoms with Gasteiger partial charge in [0, 0.05) is 32.7 Å². The Balaban J connectivity index is 0.00000264. The molecule has 0 aliphatic heterocycles. The molecule has 0 radical (unpaired) electrons. The maximum Gasteiger partial charge on any atom is 0.124 e. The second-order valence-corrected chi connectivity index (χ2v) is 7.56. The monoisotopic (exact) mass is 417 g/mol. The molecule has 0 fully saturated rings. The molecule has 0 saturated carbocycles. The Hall–Kier alpha value is -0.740. The highest BCUT2D eigenvalue weighted by atomic mass is 79.9. The normalized spacial score (nSPS) is 11.0. The van der Waals surface area contributed by atoms with E-state index in [9.17, 15) is 0 Å². The Labute approximate surface area is 158 Å². The molecular weight excluding hydrogens is 397 g/mol. The molecule has 2 aromatic rings. The average molecular weight is 419 g/mol. The average Bonchev–Trinajstić information content (AvgIpc) is 2.45. The summed E-state index contributed by atoms with van der Waals surface area (Å²) in [5.74, 6) is 0.875. The first-order chi connectivity index (χ1) is 10.3. The molecule has 5 heteroatoms. The van der Waals surface area contributed by atoms with Gasteiger partial charge < -0.3 is 10.1 Å². The Kier molecular flexibility index (Phi) is 7.88. The quantitative estimate of drug-likeness (QED) is 0.643. The van der Waals surface area contributed by atoms with Crippen LogP contribution in [0.4, 0.5) is 0 Å². The zero-order valence-corrected chi connectivity index (χ0v) is 16.7. The molecule has 0 saturated heterocycles. The lowest BCUT2D eigenvalue weighted by atomic mass is 10.1. The van der Waals surface area contributed by atoms with Gasteiger partial charge in [-0.3, -0.25) is 0 Å². The molecule has 2 rings (SSSR count). The molecule has 0 aliphatic carbocycles. The predicted molar refractivity (Wildman–Crippen MR) is 104 cm³/mol. The molecule has 0 aliphatic rings. The summed E-state index contributed by atoms with van der Waals surface area (Å²) >= 11 is 9.70. The van der Waals surface area contributed by atoms with Gasteiger partial charge in [0.2, 0.25) is 0 Å². The fourth-order valence-corrected chi connectivity index (χ4v) is 2.56. The third kappa shape index (κ3) is 6.72. The minimum absolute atomic E-state index is 0. The van der Waals surface area contributed by atoms with Gasteiger partial charge in [0.15, 0.2) is 0 Å². The van der Waals surface area contributed by atoms with Crippen molar-refractivity contribution in [1.82, 2.24) is 5.32 Å². The number of halogens is 3. The topological polar surface area (TPSA) is 21.3 Å². The van der Waals surface area contributed by atoms with Crippen molar-refractivity contribution in [3.05, 3.63) is 63.1 Å². The number of hydrogen-bond donors (Lipinski definition) is 1. The second kappa shape index (κ2) is 8.93. The highest BCUT2D eigenvalue weighted by molar-refractivity contribution is 9.10. The van der Waals surface area contributed by atoms with Gasteiger partial charge in [-0.15, -0.1) is 12.4 Å². The van der Waals surface area contributed by atoms with Gasteiger partial charge in [0.05, 0.1) is 0 Å². The summed E-state index contributed by atoms with van der Waals surface area (Å²) in [6.07, 6.45) is 0. The first kappa shape index (κ1) is 20.3. The lowest BCUT2D eigenvalue weighted by Crippen LogP contribution is -2.35. The van der Waals surface area contributed by atoms with E-state index in [0.717, 1.165) is 32.9 Å². The molecule has 0 atom stereocenters. The zero-order chi connectivity index (χ0) is 16.2. The first-order valence-corrected chi connectivity index (χ1v) is 8.42. The van der Waals surface area contributed by atoms with E-state index < -0.39 is 0 Å². The Morgan fingerprint density at radius 1 is 1.09 bits per heavy atom. The van der Waals surface area contributed by atoms with Gasteiger partial charge in [-0.25, -0.2) is 0 Å². The molecular formula is C18H22BrCl2NO. The van der Waals surface area contributed by atoms with Crippen molar-refractivity contribution in [1.29, 1.82) is 0 Å². The standard InChI is InChI=1S/C18H21BrClNO.ClH/c1-18(2,3)21-11-14-10-15(19)8-9-17(14)22-12-13-6-4-5-7-16(13)20;/h4-10,21H,11-12H2,1-3H3;1H. The molecule has 0 spiro atoms. The predicted octanol–water partition coefficient (Wildman–Crippen LogP) is 5.99. The van der Waals surface area contributed by atoms with E-state index in [4.69, 9.17) is 16.3 Å². The summed E-state index contributed by atoms with van der Waals surface area (Å²) in [6.45, 7) is 7.66. The van der Waals surface area contributed by atoms with Gasteiger partial charge in [-0.05, 0) is 45.0 Å². The molecule has 2 aromatic carbocycles. The highest BCUT2D eigenvalue weighted by Gasteiger charge is 2.12. The molecule has 0 bridgehead atoms. The van der Waals surface area contributed by atoms with Crippen molar-refractivity contribution >= 4 is 39.9 Å². The highest BCUT2D eigenvalue weighted by Crippen LogP contribution is 2.26. The number of nitrogens with one attached hydrogen (secondary N) is 1. The van der Waals surface area contributed by atoms with Crippen LogP contribution in [0.1, 0.15) is 31.9 Å². The van der Waals surface area contributed by atoms with Crippen molar-refractivity contribution in [2.45, 2.75) is 39.5 Å². The van der Waals surface area contributed by atoms with E-state index >= 15 is 0 Å². The van der Waals surface area contributed by atoms with Gasteiger partial charge in [0.1, 0.15) is 12.4 Å². The molecule has 23 heavy (non-hydrogen) atoms. The Morgan fingerprint density at radius 2 is 1.78 bits per heavy atom. The van der Waals surface area contributed by atoms with Gasteiger partial charge in [0.25, 0.3) is 0 Å². The minimum atomic E-state index is 0. The maximum absolute atomic E-state index is 6.18. The zero-order valence-electron chi connectivity index (χ0n) is 13.5.